The van der Waals surface area contributed by atoms with Crippen molar-refractivity contribution in [1.82, 2.24) is 4.98 Å². The van der Waals surface area contributed by atoms with Gasteiger partial charge in [0.05, 0.1) is 10.6 Å². The minimum absolute atomic E-state index is 0.0254. The maximum Gasteiger partial charge on any atom is 0.262 e. The first-order chi connectivity index (χ1) is 14.8. The molecule has 3 aromatic carbocycles. The molecule has 0 aliphatic rings. The molecule has 0 spiro atoms. The van der Waals surface area contributed by atoms with Gasteiger partial charge in [-0.2, -0.15) is 0 Å². The lowest BCUT2D eigenvalue weighted by molar-refractivity contribution is -0.118. The van der Waals surface area contributed by atoms with E-state index in [1.165, 1.54) is 0 Å². The quantitative estimate of drug-likeness (QED) is 0.381. The van der Waals surface area contributed by atoms with Crippen molar-refractivity contribution in [3.8, 4) is 17.2 Å². The van der Waals surface area contributed by atoms with E-state index in [1.54, 1.807) is 18.2 Å². The number of aryl methyl sites for hydroxylation is 2. The van der Waals surface area contributed by atoms with E-state index in [0.29, 0.717) is 22.5 Å². The normalized spacial score (nSPS) is 11.0. The summed E-state index contributed by atoms with van der Waals surface area (Å²) in [5.74, 6) is -1.77. The molecule has 8 heteroatoms. The van der Waals surface area contributed by atoms with Gasteiger partial charge >= 0.3 is 0 Å². The third-order valence-electron chi connectivity index (χ3n) is 4.60. The number of rotatable bonds is 5. The Hall–Kier alpha value is -3.45. The van der Waals surface area contributed by atoms with E-state index in [0.717, 1.165) is 23.3 Å². The molecule has 31 heavy (non-hydrogen) atoms. The lowest BCUT2D eigenvalue weighted by Crippen LogP contribution is -2.20. The molecule has 0 atom stereocenters. The molecule has 0 radical (unpaired) electrons. The highest BCUT2D eigenvalue weighted by Crippen LogP contribution is 2.32. The number of benzene rings is 3. The predicted octanol–water partition coefficient (Wildman–Crippen LogP) is 6.06. The molecule has 5 nitrogen and oxygen atoms in total. The summed E-state index contributed by atoms with van der Waals surface area (Å²) >= 11 is 5.99. The molecular weight excluding hydrogens is 426 g/mol. The smallest absolute Gasteiger partial charge is 0.262 e. The van der Waals surface area contributed by atoms with E-state index < -0.39 is 11.6 Å². The summed E-state index contributed by atoms with van der Waals surface area (Å²) < 4.78 is 38.1. The molecule has 4 rings (SSSR count). The Bertz CT molecular complexity index is 1300. The molecule has 158 valence electrons. The topological polar surface area (TPSA) is 64.4 Å². The summed E-state index contributed by atoms with van der Waals surface area (Å²) in [4.78, 5) is 16.5. The number of carbonyl (C=O) groups is 1. The average Bonchev–Trinajstić information content (AvgIpc) is 3.13. The van der Waals surface area contributed by atoms with Crippen LogP contribution in [-0.4, -0.2) is 17.5 Å². The van der Waals surface area contributed by atoms with E-state index in [-0.39, 0.29) is 29.0 Å². The summed E-state index contributed by atoms with van der Waals surface area (Å²) in [5, 5.41) is 2.71. The van der Waals surface area contributed by atoms with Gasteiger partial charge in [0.1, 0.15) is 11.3 Å². The SMILES string of the molecule is Cc1ccc(OCC(=O)Nc2ccc3oc(-c4cc(F)c(F)cc4Cl)nc3c2)c(C)c1. The third-order valence-corrected chi connectivity index (χ3v) is 4.91. The maximum absolute atomic E-state index is 13.6. The molecule has 0 saturated carbocycles. The lowest BCUT2D eigenvalue weighted by atomic mass is 10.1. The standard InChI is InChI=1S/C23H17ClF2N2O3/c1-12-3-5-20(13(2)7-12)30-11-22(29)27-14-4-6-21-19(8-14)28-23(31-21)15-9-17(25)18(26)10-16(15)24/h3-10H,11H2,1-2H3,(H,27,29). The molecule has 0 bridgehead atoms. The molecule has 0 aliphatic carbocycles. The molecular formula is C23H17ClF2N2O3. The van der Waals surface area contributed by atoms with Crippen LogP contribution in [0.5, 0.6) is 5.75 Å². The Kier molecular flexibility index (Phi) is 5.61. The highest BCUT2D eigenvalue weighted by molar-refractivity contribution is 6.33. The number of halogens is 3. The Balaban J connectivity index is 1.49. The van der Waals surface area contributed by atoms with Crippen LogP contribution >= 0.6 is 11.6 Å². The van der Waals surface area contributed by atoms with Gasteiger partial charge in [0.15, 0.2) is 23.8 Å². The van der Waals surface area contributed by atoms with Crippen LogP contribution in [0.2, 0.25) is 5.02 Å². The number of hydrogen-bond donors (Lipinski definition) is 1. The first-order valence-corrected chi connectivity index (χ1v) is 9.73. The molecule has 0 saturated heterocycles. The van der Waals surface area contributed by atoms with Crippen molar-refractivity contribution >= 4 is 34.3 Å². The van der Waals surface area contributed by atoms with Gasteiger partial charge in [0, 0.05) is 5.69 Å². The number of nitrogens with zero attached hydrogens (tertiary/aromatic N) is 1. The number of anilines is 1. The van der Waals surface area contributed by atoms with Crippen LogP contribution in [0, 0.1) is 25.5 Å². The fourth-order valence-electron chi connectivity index (χ4n) is 3.11. The van der Waals surface area contributed by atoms with Crippen molar-refractivity contribution in [3.63, 3.8) is 0 Å². The second-order valence-corrected chi connectivity index (χ2v) is 7.46. The van der Waals surface area contributed by atoms with Gasteiger partial charge in [-0.15, -0.1) is 0 Å². The Morgan fingerprint density at radius 3 is 2.65 bits per heavy atom. The predicted molar refractivity (Wildman–Crippen MR) is 114 cm³/mol. The van der Waals surface area contributed by atoms with Crippen LogP contribution in [-0.2, 0) is 4.79 Å². The van der Waals surface area contributed by atoms with Crippen molar-refractivity contribution in [3.05, 3.63) is 76.3 Å². The first kappa shape index (κ1) is 20.8. The lowest BCUT2D eigenvalue weighted by Gasteiger charge is -2.10. The molecule has 0 fully saturated rings. The zero-order valence-corrected chi connectivity index (χ0v) is 17.4. The second-order valence-electron chi connectivity index (χ2n) is 7.05. The Labute approximate surface area is 181 Å². The van der Waals surface area contributed by atoms with E-state index >= 15 is 0 Å². The number of amides is 1. The van der Waals surface area contributed by atoms with Gasteiger partial charge < -0.3 is 14.5 Å². The number of nitrogens with one attached hydrogen (secondary N) is 1. The van der Waals surface area contributed by atoms with E-state index in [2.05, 4.69) is 10.3 Å². The highest BCUT2D eigenvalue weighted by Gasteiger charge is 2.16. The van der Waals surface area contributed by atoms with Crippen LogP contribution in [0.4, 0.5) is 14.5 Å². The van der Waals surface area contributed by atoms with Gasteiger partial charge in [0.2, 0.25) is 5.89 Å². The van der Waals surface area contributed by atoms with Crippen molar-refractivity contribution < 1.29 is 22.7 Å². The van der Waals surface area contributed by atoms with Crippen LogP contribution in [0.15, 0.2) is 52.9 Å². The molecule has 4 aromatic rings. The van der Waals surface area contributed by atoms with Crippen molar-refractivity contribution in [2.75, 3.05) is 11.9 Å². The summed E-state index contributed by atoms with van der Waals surface area (Å²) in [6.45, 7) is 3.74. The Morgan fingerprint density at radius 2 is 1.87 bits per heavy atom. The van der Waals surface area contributed by atoms with Gasteiger partial charge in [-0.3, -0.25) is 4.79 Å². The van der Waals surface area contributed by atoms with Crippen molar-refractivity contribution in [2.45, 2.75) is 13.8 Å². The molecule has 1 heterocycles. The minimum Gasteiger partial charge on any atom is -0.483 e. The third kappa shape index (κ3) is 4.51. The number of oxazole rings is 1. The first-order valence-electron chi connectivity index (χ1n) is 9.35. The second kappa shape index (κ2) is 8.35. The number of aromatic nitrogens is 1. The fourth-order valence-corrected chi connectivity index (χ4v) is 3.34. The molecule has 1 aromatic heterocycles. The molecule has 1 N–H and O–H groups in total. The van der Waals surface area contributed by atoms with Gasteiger partial charge in [-0.1, -0.05) is 29.3 Å². The Morgan fingerprint density at radius 1 is 1.10 bits per heavy atom. The largest absolute Gasteiger partial charge is 0.483 e. The van der Waals surface area contributed by atoms with E-state index in [1.807, 2.05) is 32.0 Å². The van der Waals surface area contributed by atoms with Gasteiger partial charge in [-0.05, 0) is 55.8 Å². The average molecular weight is 443 g/mol. The summed E-state index contributed by atoms with van der Waals surface area (Å²) in [7, 11) is 0. The minimum atomic E-state index is -1.06. The zero-order valence-electron chi connectivity index (χ0n) is 16.6. The summed E-state index contributed by atoms with van der Waals surface area (Å²) in [6, 6.07) is 12.4. The van der Waals surface area contributed by atoms with Gasteiger partial charge in [-0.25, -0.2) is 13.8 Å². The monoisotopic (exact) mass is 442 g/mol. The van der Waals surface area contributed by atoms with E-state index in [9.17, 15) is 13.6 Å². The number of carbonyl (C=O) groups excluding carboxylic acids is 1. The zero-order chi connectivity index (χ0) is 22.1. The van der Waals surface area contributed by atoms with Crippen LogP contribution in [0.25, 0.3) is 22.6 Å². The van der Waals surface area contributed by atoms with Crippen LogP contribution in [0.3, 0.4) is 0 Å². The van der Waals surface area contributed by atoms with Crippen LogP contribution < -0.4 is 10.1 Å². The summed E-state index contributed by atoms with van der Waals surface area (Å²) in [6.07, 6.45) is 0. The number of hydrogen-bond acceptors (Lipinski definition) is 4. The molecule has 1 amide bonds. The number of ether oxygens (including phenoxy) is 1. The van der Waals surface area contributed by atoms with Crippen molar-refractivity contribution in [2.24, 2.45) is 0 Å². The van der Waals surface area contributed by atoms with E-state index in [4.69, 9.17) is 20.8 Å². The molecule has 0 unspecified atom stereocenters. The van der Waals surface area contributed by atoms with Crippen LogP contribution in [0.1, 0.15) is 11.1 Å². The summed E-state index contributed by atoms with van der Waals surface area (Å²) in [5.41, 5.74) is 3.49. The highest BCUT2D eigenvalue weighted by atomic mass is 35.5. The van der Waals surface area contributed by atoms with Gasteiger partial charge in [0.25, 0.3) is 5.91 Å². The van der Waals surface area contributed by atoms with Crippen molar-refractivity contribution in [1.29, 1.82) is 0 Å². The number of fused-ring (bicyclic) bond motifs is 1. The fraction of sp³-hybridized carbons (Fsp3) is 0.130. The maximum atomic E-state index is 13.6. The molecule has 0 aliphatic heterocycles.